The van der Waals surface area contributed by atoms with E-state index >= 15 is 0 Å². The molecule has 0 radical (unpaired) electrons. The molecule has 0 amide bonds. The predicted molar refractivity (Wildman–Crippen MR) is 104 cm³/mol. The molecular weight excluding hydrogens is 300 g/mol. The molecule has 1 atom stereocenters. The maximum Gasteiger partial charge on any atom is 0.0295 e. The van der Waals surface area contributed by atoms with Gasteiger partial charge in [0.05, 0.1) is 0 Å². The topological polar surface area (TPSA) is 45.8 Å². The van der Waals surface area contributed by atoms with Gasteiger partial charge in [-0.1, -0.05) is 0 Å². The molecule has 1 fully saturated rings. The Hall–Kier alpha value is -0.240. The highest BCUT2D eigenvalue weighted by Crippen LogP contribution is 2.36. The average molecular weight is 343 g/mol. The van der Waals surface area contributed by atoms with Crippen molar-refractivity contribution < 1.29 is 0 Å². The van der Waals surface area contributed by atoms with Crippen LogP contribution >= 0.6 is 0 Å². The molecule has 6 nitrogen and oxygen atoms in total. The van der Waals surface area contributed by atoms with Gasteiger partial charge in [-0.2, -0.15) is 5.53 Å². The van der Waals surface area contributed by atoms with Crippen LogP contribution in [0.15, 0.2) is 0 Å². The summed E-state index contributed by atoms with van der Waals surface area (Å²) in [7, 11) is 13.0. The Morgan fingerprint density at radius 1 is 0.792 bits per heavy atom. The van der Waals surface area contributed by atoms with Crippen molar-refractivity contribution in [2.24, 2.45) is 5.41 Å². The van der Waals surface area contributed by atoms with Gasteiger partial charge in [0.1, 0.15) is 0 Å². The Labute approximate surface area is 150 Å². The number of nitrogens with one attached hydrogen (secondary N) is 3. The Balaban J connectivity index is 2.67. The second-order valence-corrected chi connectivity index (χ2v) is 8.30. The number of hydrogen-bond acceptors (Lipinski definition) is 6. The van der Waals surface area contributed by atoms with Gasteiger partial charge in [0, 0.05) is 18.0 Å². The van der Waals surface area contributed by atoms with Crippen LogP contribution in [0.5, 0.6) is 0 Å². The van der Waals surface area contributed by atoms with E-state index in [9.17, 15) is 0 Å². The molecule has 3 N–H and O–H groups in total. The lowest BCUT2D eigenvalue weighted by molar-refractivity contribution is 0.0644. The van der Waals surface area contributed by atoms with Gasteiger partial charge in [-0.3, -0.25) is 0 Å². The highest BCUT2D eigenvalue weighted by atomic mass is 15.6. The first-order valence-electron chi connectivity index (χ1n) is 9.53. The zero-order valence-electron chi connectivity index (χ0n) is 17.0. The fraction of sp³-hybridized carbons (Fsp3) is 1.00. The summed E-state index contributed by atoms with van der Waals surface area (Å²) < 4.78 is 0. The molecule has 0 bridgehead atoms. The molecule has 1 aliphatic heterocycles. The summed E-state index contributed by atoms with van der Waals surface area (Å²) in [6, 6.07) is 0.544. The largest absolute Gasteiger partial charge is 0.309 e. The summed E-state index contributed by atoms with van der Waals surface area (Å²) in [5.74, 6) is 0. The summed E-state index contributed by atoms with van der Waals surface area (Å²) in [5, 5.41) is 0. The van der Waals surface area contributed by atoms with E-state index in [0.717, 1.165) is 13.1 Å². The zero-order valence-corrected chi connectivity index (χ0v) is 17.0. The van der Waals surface area contributed by atoms with Gasteiger partial charge in [0.15, 0.2) is 0 Å². The third kappa shape index (κ3) is 8.23. The highest BCUT2D eigenvalue weighted by Gasteiger charge is 2.39. The van der Waals surface area contributed by atoms with Gasteiger partial charge in [-0.25, -0.2) is 10.9 Å². The lowest BCUT2D eigenvalue weighted by Gasteiger charge is -2.46. The second-order valence-electron chi connectivity index (χ2n) is 8.30. The van der Waals surface area contributed by atoms with Crippen LogP contribution in [0.1, 0.15) is 38.5 Å². The van der Waals surface area contributed by atoms with Crippen molar-refractivity contribution in [3.63, 3.8) is 0 Å². The fourth-order valence-electron chi connectivity index (χ4n) is 3.77. The number of hydrazine groups is 2. The van der Waals surface area contributed by atoms with Crippen molar-refractivity contribution >= 4 is 0 Å². The molecule has 24 heavy (non-hydrogen) atoms. The first kappa shape index (κ1) is 21.8. The van der Waals surface area contributed by atoms with E-state index in [1.807, 2.05) is 0 Å². The van der Waals surface area contributed by atoms with Crippen molar-refractivity contribution in [3.05, 3.63) is 0 Å². The van der Waals surface area contributed by atoms with Crippen molar-refractivity contribution in [1.29, 1.82) is 0 Å². The Bertz CT molecular complexity index is 305. The molecule has 0 spiro atoms. The van der Waals surface area contributed by atoms with Gasteiger partial charge >= 0.3 is 0 Å². The molecule has 0 aromatic heterocycles. The summed E-state index contributed by atoms with van der Waals surface area (Å²) in [6.07, 6.45) is 7.58. The molecule has 1 heterocycles. The standard InChI is InChI=1S/C18H42N6/c1-22(2)13-7-10-17-18(16-19-21-20-17,11-8-14-23(3)4)12-9-15-24(5)6/h17,19-21H,7-16H2,1-6H3. The normalized spacial score (nSPS) is 21.1. The van der Waals surface area contributed by atoms with Gasteiger partial charge in [0.2, 0.25) is 0 Å². The van der Waals surface area contributed by atoms with Crippen LogP contribution in [0, 0.1) is 5.41 Å². The third-order valence-corrected chi connectivity index (χ3v) is 5.17. The van der Waals surface area contributed by atoms with E-state index < -0.39 is 0 Å². The van der Waals surface area contributed by atoms with Crippen LogP contribution < -0.4 is 16.4 Å². The third-order valence-electron chi connectivity index (χ3n) is 5.17. The van der Waals surface area contributed by atoms with Gasteiger partial charge in [0.25, 0.3) is 0 Å². The number of nitrogens with zero attached hydrogens (tertiary/aromatic N) is 3. The van der Waals surface area contributed by atoms with Crippen LogP contribution in [-0.4, -0.2) is 89.2 Å². The molecule has 1 saturated heterocycles. The van der Waals surface area contributed by atoms with Crippen LogP contribution in [-0.2, 0) is 0 Å². The van der Waals surface area contributed by atoms with Crippen LogP contribution in [0.4, 0.5) is 0 Å². The molecule has 0 aromatic carbocycles. The Kier molecular flexibility index (Phi) is 10.3. The summed E-state index contributed by atoms with van der Waals surface area (Å²) in [4.78, 5) is 6.89. The van der Waals surface area contributed by atoms with E-state index in [1.54, 1.807) is 0 Å². The van der Waals surface area contributed by atoms with Gasteiger partial charge in [-0.05, 0) is 100 Å². The van der Waals surface area contributed by atoms with Crippen molar-refractivity contribution in [3.8, 4) is 0 Å². The molecule has 144 valence electrons. The van der Waals surface area contributed by atoms with E-state index in [2.05, 4.69) is 73.4 Å². The first-order chi connectivity index (χ1) is 11.4. The Morgan fingerprint density at radius 3 is 1.79 bits per heavy atom. The molecule has 1 unspecified atom stereocenters. The van der Waals surface area contributed by atoms with Gasteiger partial charge in [-0.15, -0.1) is 0 Å². The van der Waals surface area contributed by atoms with Crippen molar-refractivity contribution in [1.82, 2.24) is 31.1 Å². The Morgan fingerprint density at radius 2 is 1.29 bits per heavy atom. The second kappa shape index (κ2) is 11.4. The summed E-state index contributed by atoms with van der Waals surface area (Å²) >= 11 is 0. The summed E-state index contributed by atoms with van der Waals surface area (Å²) in [5.41, 5.74) is 10.5. The number of rotatable bonds is 12. The molecule has 0 aliphatic carbocycles. The van der Waals surface area contributed by atoms with E-state index in [4.69, 9.17) is 0 Å². The maximum atomic E-state index is 3.55. The average Bonchev–Trinajstić information content (AvgIpc) is 2.48. The first-order valence-corrected chi connectivity index (χ1v) is 9.53. The minimum atomic E-state index is 0.351. The number of hydrogen-bond donors (Lipinski definition) is 3. The van der Waals surface area contributed by atoms with Gasteiger partial charge < -0.3 is 14.7 Å². The zero-order chi connectivity index (χ0) is 18.0. The van der Waals surface area contributed by atoms with Crippen molar-refractivity contribution in [2.75, 3.05) is 68.5 Å². The molecule has 6 heteroatoms. The van der Waals surface area contributed by atoms with E-state index in [1.165, 1.54) is 51.6 Å². The van der Waals surface area contributed by atoms with E-state index in [-0.39, 0.29) is 0 Å². The maximum absolute atomic E-state index is 3.55. The van der Waals surface area contributed by atoms with E-state index in [0.29, 0.717) is 11.5 Å². The monoisotopic (exact) mass is 342 g/mol. The molecule has 1 aliphatic rings. The minimum absolute atomic E-state index is 0.351. The molecular formula is C18H42N6. The molecule has 1 rings (SSSR count). The van der Waals surface area contributed by atoms with Crippen LogP contribution in [0.3, 0.4) is 0 Å². The van der Waals surface area contributed by atoms with Crippen LogP contribution in [0.25, 0.3) is 0 Å². The smallest absolute Gasteiger partial charge is 0.0295 e. The highest BCUT2D eigenvalue weighted by molar-refractivity contribution is 4.94. The fourth-order valence-corrected chi connectivity index (χ4v) is 3.77. The lowest BCUT2D eigenvalue weighted by Crippen LogP contribution is -2.65. The minimum Gasteiger partial charge on any atom is -0.309 e. The predicted octanol–water partition coefficient (Wildman–Crippen LogP) is 0.979. The molecule has 0 aromatic rings. The van der Waals surface area contributed by atoms with Crippen LogP contribution in [0.2, 0.25) is 0 Å². The lowest BCUT2D eigenvalue weighted by atomic mass is 9.71. The quantitative estimate of drug-likeness (QED) is 0.491. The SMILES string of the molecule is CN(C)CCCC1NNNCC1(CCCN(C)C)CCCN(C)C. The van der Waals surface area contributed by atoms with Crippen molar-refractivity contribution in [2.45, 2.75) is 44.6 Å². The summed E-state index contributed by atoms with van der Waals surface area (Å²) in [6.45, 7) is 4.57. The molecule has 0 saturated carbocycles.